The molecule has 2 rings (SSSR count). The molecule has 0 aromatic carbocycles. The van der Waals surface area contributed by atoms with Gasteiger partial charge in [-0.2, -0.15) is 0 Å². The monoisotopic (exact) mass is 252 g/mol. The molecule has 0 unspecified atom stereocenters. The minimum atomic E-state index is -0.178. The smallest absolute Gasteiger partial charge is 0.0571 e. The fraction of sp³-hybridized carbons (Fsp3) is 0.875. The van der Waals surface area contributed by atoms with Crippen molar-refractivity contribution >= 4 is 0 Å². The van der Waals surface area contributed by atoms with E-state index in [1.165, 1.54) is 5.57 Å². The molecule has 2 N–H and O–H groups in total. The fourth-order valence-electron chi connectivity index (χ4n) is 4.66. The second kappa shape index (κ2) is 4.97. The minimum absolute atomic E-state index is 0.178. The third-order valence-electron chi connectivity index (χ3n) is 5.78. The highest BCUT2D eigenvalue weighted by atomic mass is 16.3. The normalized spacial score (nSPS) is 46.6. The molecule has 2 aliphatic carbocycles. The lowest BCUT2D eigenvalue weighted by Gasteiger charge is -2.55. The van der Waals surface area contributed by atoms with Gasteiger partial charge in [-0.1, -0.05) is 32.9 Å². The Kier molecular flexibility index (Phi) is 3.89. The quantitative estimate of drug-likeness (QED) is 0.742. The van der Waals surface area contributed by atoms with Crippen molar-refractivity contribution in [2.24, 2.45) is 29.1 Å². The van der Waals surface area contributed by atoms with Crippen molar-refractivity contribution in [1.82, 2.24) is 0 Å². The van der Waals surface area contributed by atoms with Crippen LogP contribution in [0.4, 0.5) is 0 Å². The van der Waals surface area contributed by atoms with Gasteiger partial charge in [-0.05, 0) is 54.8 Å². The van der Waals surface area contributed by atoms with Gasteiger partial charge in [-0.3, -0.25) is 0 Å². The number of rotatable bonds is 2. The van der Waals surface area contributed by atoms with Crippen LogP contribution in [-0.2, 0) is 0 Å². The number of fused-ring (bicyclic) bond motifs is 1. The van der Waals surface area contributed by atoms with E-state index in [-0.39, 0.29) is 18.1 Å². The van der Waals surface area contributed by atoms with Gasteiger partial charge in [0.1, 0.15) is 0 Å². The first kappa shape index (κ1) is 14.1. The van der Waals surface area contributed by atoms with Crippen LogP contribution < -0.4 is 0 Å². The van der Waals surface area contributed by atoms with E-state index in [4.69, 9.17) is 0 Å². The maximum absolute atomic E-state index is 10.1. The largest absolute Gasteiger partial charge is 0.396 e. The average Bonchev–Trinajstić information content (AvgIpc) is 2.32. The predicted octanol–water partition coefficient (Wildman–Crippen LogP) is 2.99. The van der Waals surface area contributed by atoms with E-state index < -0.39 is 0 Å². The lowest BCUT2D eigenvalue weighted by molar-refractivity contribution is -0.0734. The summed E-state index contributed by atoms with van der Waals surface area (Å²) in [4.78, 5) is 0. The van der Waals surface area contributed by atoms with Crippen molar-refractivity contribution in [1.29, 1.82) is 0 Å². The van der Waals surface area contributed by atoms with Crippen LogP contribution in [0, 0.1) is 29.1 Å². The van der Waals surface area contributed by atoms with Crippen LogP contribution >= 0.6 is 0 Å². The lowest BCUT2D eigenvalue weighted by atomic mass is 9.50. The molecule has 0 amide bonds. The number of aliphatic hydroxyl groups is 2. The van der Waals surface area contributed by atoms with Crippen LogP contribution in [0.25, 0.3) is 0 Å². The lowest BCUT2D eigenvalue weighted by Crippen LogP contribution is -2.50. The van der Waals surface area contributed by atoms with Crippen molar-refractivity contribution in [3.63, 3.8) is 0 Å². The molecule has 0 radical (unpaired) electrons. The molecule has 0 aromatic heterocycles. The second-order valence-corrected chi connectivity index (χ2v) is 7.01. The number of allylic oxidation sites excluding steroid dienone is 1. The molecule has 2 aliphatic rings. The first-order valence-electron chi connectivity index (χ1n) is 7.36. The number of hydrogen-bond donors (Lipinski definition) is 2. The van der Waals surface area contributed by atoms with Gasteiger partial charge >= 0.3 is 0 Å². The van der Waals surface area contributed by atoms with E-state index in [1.807, 2.05) is 0 Å². The highest BCUT2D eigenvalue weighted by Crippen LogP contribution is 2.58. The molecule has 0 aromatic rings. The molecule has 0 heterocycles. The molecule has 6 atom stereocenters. The SMILES string of the molecule is C=C1CC[C@@H]([C@@H](C)CO)[C@]2(C)C[C@@H](C)[C@@H](O)C[C@@H]12. The molecule has 0 bridgehead atoms. The summed E-state index contributed by atoms with van der Waals surface area (Å²) in [6.07, 6.45) is 3.97. The van der Waals surface area contributed by atoms with Gasteiger partial charge < -0.3 is 10.2 Å². The van der Waals surface area contributed by atoms with E-state index in [0.29, 0.717) is 23.7 Å². The Bertz CT molecular complexity index is 325. The van der Waals surface area contributed by atoms with Crippen molar-refractivity contribution < 1.29 is 10.2 Å². The Hall–Kier alpha value is -0.340. The average molecular weight is 252 g/mol. The van der Waals surface area contributed by atoms with Gasteiger partial charge in [-0.25, -0.2) is 0 Å². The van der Waals surface area contributed by atoms with Crippen LogP contribution in [0.3, 0.4) is 0 Å². The van der Waals surface area contributed by atoms with Crippen LogP contribution in [0.1, 0.15) is 46.5 Å². The second-order valence-electron chi connectivity index (χ2n) is 7.01. The van der Waals surface area contributed by atoms with Crippen molar-refractivity contribution in [3.05, 3.63) is 12.2 Å². The van der Waals surface area contributed by atoms with Gasteiger partial charge in [0.05, 0.1) is 6.10 Å². The summed E-state index contributed by atoms with van der Waals surface area (Å²) in [7, 11) is 0. The third kappa shape index (κ3) is 2.14. The molecule has 0 spiro atoms. The molecule has 2 saturated carbocycles. The summed E-state index contributed by atoms with van der Waals surface area (Å²) in [6.45, 7) is 11.2. The Balaban J connectivity index is 2.29. The zero-order valence-electron chi connectivity index (χ0n) is 12.0. The number of aliphatic hydroxyl groups excluding tert-OH is 2. The summed E-state index contributed by atoms with van der Waals surface area (Å²) in [5, 5.41) is 19.6. The third-order valence-corrected chi connectivity index (χ3v) is 5.78. The summed E-state index contributed by atoms with van der Waals surface area (Å²) in [5.41, 5.74) is 1.54. The first-order valence-corrected chi connectivity index (χ1v) is 7.36. The Morgan fingerprint density at radius 2 is 2.17 bits per heavy atom. The molecule has 18 heavy (non-hydrogen) atoms. The summed E-state index contributed by atoms with van der Waals surface area (Å²) in [6, 6.07) is 0. The summed E-state index contributed by atoms with van der Waals surface area (Å²) in [5.74, 6) is 1.72. The molecule has 2 fully saturated rings. The standard InChI is InChI=1S/C16H28O2/c1-10-5-6-13(12(3)9-17)16(4)8-11(2)15(18)7-14(10)16/h11-15,17-18H,1,5-9H2,2-4H3/t11-,12+,13+,14+,15+,16+/m1/s1. The summed E-state index contributed by atoms with van der Waals surface area (Å²) >= 11 is 0. The van der Waals surface area contributed by atoms with Gasteiger partial charge in [0, 0.05) is 6.61 Å². The molecule has 104 valence electrons. The summed E-state index contributed by atoms with van der Waals surface area (Å²) < 4.78 is 0. The first-order chi connectivity index (χ1) is 8.40. The van der Waals surface area contributed by atoms with E-state index in [1.54, 1.807) is 0 Å². The zero-order valence-corrected chi connectivity index (χ0v) is 12.0. The Labute approximate surface area is 111 Å². The Morgan fingerprint density at radius 3 is 2.78 bits per heavy atom. The molecule has 0 aliphatic heterocycles. The van der Waals surface area contributed by atoms with Crippen molar-refractivity contribution in [3.8, 4) is 0 Å². The minimum Gasteiger partial charge on any atom is -0.396 e. The molecule has 0 saturated heterocycles. The van der Waals surface area contributed by atoms with Crippen molar-refractivity contribution in [2.75, 3.05) is 6.61 Å². The van der Waals surface area contributed by atoms with Crippen LogP contribution in [0.2, 0.25) is 0 Å². The highest BCUT2D eigenvalue weighted by molar-refractivity contribution is 5.16. The fourth-order valence-corrected chi connectivity index (χ4v) is 4.66. The van der Waals surface area contributed by atoms with E-state index >= 15 is 0 Å². The highest BCUT2D eigenvalue weighted by Gasteiger charge is 2.51. The molecular weight excluding hydrogens is 224 g/mol. The number of hydrogen-bond acceptors (Lipinski definition) is 2. The molecular formula is C16H28O2. The van der Waals surface area contributed by atoms with Crippen LogP contribution in [-0.4, -0.2) is 22.9 Å². The van der Waals surface area contributed by atoms with Crippen molar-refractivity contribution in [2.45, 2.75) is 52.6 Å². The topological polar surface area (TPSA) is 40.5 Å². The van der Waals surface area contributed by atoms with Gasteiger partial charge in [0.15, 0.2) is 0 Å². The Morgan fingerprint density at radius 1 is 1.50 bits per heavy atom. The van der Waals surface area contributed by atoms with Gasteiger partial charge in [-0.15, -0.1) is 0 Å². The van der Waals surface area contributed by atoms with E-state index in [0.717, 1.165) is 25.7 Å². The van der Waals surface area contributed by atoms with Gasteiger partial charge in [0.25, 0.3) is 0 Å². The van der Waals surface area contributed by atoms with E-state index in [2.05, 4.69) is 27.4 Å². The molecule has 2 nitrogen and oxygen atoms in total. The molecule has 2 heteroatoms. The maximum Gasteiger partial charge on any atom is 0.0571 e. The van der Waals surface area contributed by atoms with Crippen LogP contribution in [0.15, 0.2) is 12.2 Å². The van der Waals surface area contributed by atoms with Gasteiger partial charge in [0.2, 0.25) is 0 Å². The zero-order chi connectivity index (χ0) is 13.5. The maximum atomic E-state index is 10.1. The van der Waals surface area contributed by atoms with Crippen LogP contribution in [0.5, 0.6) is 0 Å². The predicted molar refractivity (Wildman–Crippen MR) is 74.1 cm³/mol. The van der Waals surface area contributed by atoms with E-state index in [9.17, 15) is 10.2 Å².